The molecule has 0 aromatic carbocycles. The summed E-state index contributed by atoms with van der Waals surface area (Å²) in [7, 11) is 0. The van der Waals surface area contributed by atoms with Crippen LogP contribution in [0.4, 0.5) is 0 Å². The molecule has 0 amide bonds. The van der Waals surface area contributed by atoms with Crippen LogP contribution in [0.25, 0.3) is 0 Å². The van der Waals surface area contributed by atoms with Crippen molar-refractivity contribution in [3.63, 3.8) is 0 Å². The van der Waals surface area contributed by atoms with Gasteiger partial charge in [0.05, 0.1) is 0 Å². The molecule has 0 saturated carbocycles. The molecular formula is C3H8O2S2. The van der Waals surface area contributed by atoms with Crippen molar-refractivity contribution in [2.24, 2.45) is 0 Å². The molecule has 0 aliphatic rings. The maximum Gasteiger partial charge on any atom is 0.314 e. The molecule has 0 aliphatic heterocycles. The Bertz CT molecular complexity index is 46.2. The number of thiol groups is 2. The van der Waals surface area contributed by atoms with Crippen LogP contribution in [0.1, 0.15) is 6.92 Å². The topological polar surface area (TPSA) is 26.3 Å². The van der Waals surface area contributed by atoms with Crippen LogP contribution in [0.3, 0.4) is 0 Å². The highest BCUT2D eigenvalue weighted by atomic mass is 32.1. The summed E-state index contributed by atoms with van der Waals surface area (Å²) >= 11 is 6.69. The first-order valence-electron chi connectivity index (χ1n) is 1.54. The van der Waals surface area contributed by atoms with Gasteiger partial charge in [-0.3, -0.25) is 4.79 Å². The second kappa shape index (κ2) is 9.48. The van der Waals surface area contributed by atoms with Crippen LogP contribution >= 0.6 is 25.5 Å². The first-order chi connectivity index (χ1) is 3.27. The molecule has 0 radical (unpaired) electrons. The minimum absolute atomic E-state index is 0.381. The highest BCUT2D eigenvalue weighted by Gasteiger charge is 1.77. The Kier molecular flexibility index (Phi) is 13.8. The van der Waals surface area contributed by atoms with E-state index in [1.54, 1.807) is 6.26 Å². The van der Waals surface area contributed by atoms with Crippen LogP contribution in [-0.2, 0) is 8.98 Å². The van der Waals surface area contributed by atoms with Gasteiger partial charge in [-0.25, -0.2) is 0 Å². The molecule has 0 rings (SSSR count). The summed E-state index contributed by atoms with van der Waals surface area (Å²) in [5, 5.41) is 0. The van der Waals surface area contributed by atoms with Crippen molar-refractivity contribution < 1.29 is 8.98 Å². The molecule has 0 aliphatic carbocycles. The summed E-state index contributed by atoms with van der Waals surface area (Å²) < 4.78 is 3.81. The second-order valence-electron chi connectivity index (χ2n) is 0.583. The van der Waals surface area contributed by atoms with Crippen molar-refractivity contribution in [3.8, 4) is 0 Å². The van der Waals surface area contributed by atoms with E-state index in [1.807, 2.05) is 0 Å². The molecule has 44 valence electrons. The van der Waals surface area contributed by atoms with Crippen LogP contribution < -0.4 is 0 Å². The lowest BCUT2D eigenvalue weighted by Crippen LogP contribution is -1.82. The summed E-state index contributed by atoms with van der Waals surface area (Å²) in [5.41, 5.74) is 0. The molecule has 0 fully saturated rings. The fourth-order valence-corrected chi connectivity index (χ4v) is 0. The molecule has 0 saturated heterocycles. The molecule has 0 bridgehead atoms. The van der Waals surface area contributed by atoms with Crippen LogP contribution in [0.5, 0.6) is 0 Å². The Hall–Kier alpha value is 0.170. The number of carbonyl (C=O) groups is 1. The van der Waals surface area contributed by atoms with Crippen LogP contribution in [0, 0.1) is 0 Å². The van der Waals surface area contributed by atoms with Gasteiger partial charge in [-0.1, -0.05) is 0 Å². The molecular weight excluding hydrogens is 132 g/mol. The third-order valence-corrected chi connectivity index (χ3v) is 0.386. The van der Waals surface area contributed by atoms with E-state index < -0.39 is 0 Å². The van der Waals surface area contributed by atoms with Gasteiger partial charge < -0.3 is 4.18 Å². The molecule has 0 unspecified atom stereocenters. The monoisotopic (exact) mass is 140 g/mol. The summed E-state index contributed by atoms with van der Waals surface area (Å²) in [6.45, 7) is 1.28. The average molecular weight is 140 g/mol. The molecule has 0 aromatic rings. The Balaban J connectivity index is 0. The van der Waals surface area contributed by atoms with Crippen molar-refractivity contribution in [1.29, 1.82) is 0 Å². The summed E-state index contributed by atoms with van der Waals surface area (Å²) in [5.74, 6) is -0.381. The zero-order valence-electron chi connectivity index (χ0n) is 4.21. The van der Waals surface area contributed by atoms with Crippen LogP contribution in [0.15, 0.2) is 0 Å². The number of carbonyl (C=O) groups excluding carboxylic acids is 1. The quantitative estimate of drug-likeness (QED) is 0.387. The van der Waals surface area contributed by atoms with E-state index in [0.717, 1.165) is 0 Å². The van der Waals surface area contributed by atoms with Gasteiger partial charge in [-0.2, -0.15) is 12.6 Å². The zero-order chi connectivity index (χ0) is 6.28. The highest BCUT2D eigenvalue weighted by molar-refractivity contribution is 7.79. The maximum atomic E-state index is 9.51. The predicted octanol–water partition coefficient (Wildman–Crippen LogP) is 0.940. The minimum Gasteiger partial charge on any atom is -0.395 e. The van der Waals surface area contributed by atoms with Gasteiger partial charge in [0, 0.05) is 19.8 Å². The number of hydrogen-bond acceptors (Lipinski definition) is 4. The SMILES string of the molecule is CC(=O)OS.CS. The van der Waals surface area contributed by atoms with Gasteiger partial charge in [0.1, 0.15) is 0 Å². The molecule has 0 atom stereocenters. The van der Waals surface area contributed by atoms with E-state index >= 15 is 0 Å². The second-order valence-corrected chi connectivity index (χ2v) is 0.765. The van der Waals surface area contributed by atoms with Gasteiger partial charge in [0.2, 0.25) is 0 Å². The zero-order valence-corrected chi connectivity index (χ0v) is 6.00. The van der Waals surface area contributed by atoms with Gasteiger partial charge in [0.15, 0.2) is 0 Å². The van der Waals surface area contributed by atoms with Crippen LogP contribution in [-0.4, -0.2) is 12.2 Å². The first-order valence-corrected chi connectivity index (χ1v) is 2.80. The lowest BCUT2D eigenvalue weighted by atomic mass is 10.9. The Labute approximate surface area is 54.3 Å². The van der Waals surface area contributed by atoms with Crippen LogP contribution in [0.2, 0.25) is 0 Å². The van der Waals surface area contributed by atoms with Crippen molar-refractivity contribution in [2.45, 2.75) is 6.92 Å². The third kappa shape index (κ3) is 22.8. The highest BCUT2D eigenvalue weighted by Crippen LogP contribution is 1.74. The van der Waals surface area contributed by atoms with E-state index in [1.165, 1.54) is 6.92 Å². The largest absolute Gasteiger partial charge is 0.395 e. The Morgan fingerprint density at radius 1 is 1.57 bits per heavy atom. The molecule has 4 heteroatoms. The smallest absolute Gasteiger partial charge is 0.314 e. The minimum atomic E-state index is -0.381. The first kappa shape index (κ1) is 10.2. The third-order valence-electron chi connectivity index (χ3n) is 0.129. The van der Waals surface area contributed by atoms with Gasteiger partial charge in [-0.05, 0) is 6.26 Å². The number of rotatable bonds is 0. The average Bonchev–Trinajstić information content (AvgIpc) is 1.73. The molecule has 0 aromatic heterocycles. The van der Waals surface area contributed by atoms with Gasteiger partial charge in [-0.15, -0.1) is 0 Å². The van der Waals surface area contributed by atoms with Crippen molar-refractivity contribution >= 4 is 31.5 Å². The summed E-state index contributed by atoms with van der Waals surface area (Å²) in [6.07, 6.45) is 1.69. The molecule has 7 heavy (non-hydrogen) atoms. The standard InChI is InChI=1S/C2H4O2S.CH4S/c1-2(3)4-5;1-2/h5H,1H3;2H,1H3. The maximum absolute atomic E-state index is 9.51. The van der Waals surface area contributed by atoms with E-state index in [4.69, 9.17) is 0 Å². The summed E-state index contributed by atoms with van der Waals surface area (Å²) in [6, 6.07) is 0. The number of hydrogen-bond donors (Lipinski definition) is 2. The van der Waals surface area contributed by atoms with Crippen molar-refractivity contribution in [1.82, 2.24) is 0 Å². The van der Waals surface area contributed by atoms with Crippen molar-refractivity contribution in [3.05, 3.63) is 0 Å². The van der Waals surface area contributed by atoms with E-state index in [2.05, 4.69) is 29.7 Å². The fraction of sp³-hybridized carbons (Fsp3) is 0.667. The Morgan fingerprint density at radius 3 is 1.71 bits per heavy atom. The van der Waals surface area contributed by atoms with Gasteiger partial charge >= 0.3 is 5.97 Å². The summed E-state index contributed by atoms with van der Waals surface area (Å²) in [4.78, 5) is 9.51. The molecule has 0 spiro atoms. The lowest BCUT2D eigenvalue weighted by molar-refractivity contribution is -0.130. The van der Waals surface area contributed by atoms with E-state index in [-0.39, 0.29) is 5.97 Å². The lowest BCUT2D eigenvalue weighted by Gasteiger charge is -1.77. The molecule has 0 N–H and O–H groups in total. The van der Waals surface area contributed by atoms with E-state index in [0.29, 0.717) is 0 Å². The molecule has 2 nitrogen and oxygen atoms in total. The van der Waals surface area contributed by atoms with E-state index in [9.17, 15) is 4.79 Å². The van der Waals surface area contributed by atoms with Crippen molar-refractivity contribution in [2.75, 3.05) is 6.26 Å². The normalized spacial score (nSPS) is 5.71. The van der Waals surface area contributed by atoms with Gasteiger partial charge in [0.25, 0.3) is 0 Å². The Morgan fingerprint density at radius 2 is 1.71 bits per heavy atom. The molecule has 0 heterocycles. The fourth-order valence-electron chi connectivity index (χ4n) is 0. The predicted molar refractivity (Wildman–Crippen MR) is 35.7 cm³/mol.